The van der Waals surface area contributed by atoms with E-state index in [0.29, 0.717) is 18.1 Å². The van der Waals surface area contributed by atoms with E-state index >= 15 is 0 Å². The molecule has 2 heterocycles. The number of carbonyl (C=O) groups excluding carboxylic acids is 2. The van der Waals surface area contributed by atoms with E-state index < -0.39 is 5.91 Å². The molecule has 0 bridgehead atoms. The van der Waals surface area contributed by atoms with Gasteiger partial charge in [0.25, 0.3) is 0 Å². The maximum absolute atomic E-state index is 12.3. The second-order valence-corrected chi connectivity index (χ2v) is 7.42. The van der Waals surface area contributed by atoms with Gasteiger partial charge in [0.05, 0.1) is 5.69 Å². The maximum Gasteiger partial charge on any atom is 0.248 e. The number of hydrogen-bond donors (Lipinski definition) is 1. The molecule has 1 unspecified atom stereocenters. The van der Waals surface area contributed by atoms with Gasteiger partial charge in [-0.2, -0.15) is 0 Å². The Morgan fingerprint density at radius 3 is 2.62 bits per heavy atom. The summed E-state index contributed by atoms with van der Waals surface area (Å²) in [5, 5.41) is 0. The van der Waals surface area contributed by atoms with Crippen LogP contribution in [0.4, 0.5) is 5.95 Å². The zero-order valence-corrected chi connectivity index (χ0v) is 17.1. The Labute approximate surface area is 170 Å². The number of carbonyl (C=O) groups is 2. The van der Waals surface area contributed by atoms with Crippen molar-refractivity contribution in [3.05, 3.63) is 41.7 Å². The van der Waals surface area contributed by atoms with E-state index in [1.165, 1.54) is 7.11 Å². The molecule has 0 spiro atoms. The van der Waals surface area contributed by atoms with Gasteiger partial charge in [0, 0.05) is 57.5 Å². The summed E-state index contributed by atoms with van der Waals surface area (Å²) in [6.07, 6.45) is 3.65. The molecule has 1 aliphatic rings. The SMILES string of the molecule is COCC(=O)N1CCCC(c2nc(N(C)C)ncc2-c2ccc(C(N)=O)cc2)C1. The standard InChI is InChI=1S/C21H27N5O3/c1-25(2)21-23-11-17(14-6-8-15(9-7-14)20(22)28)19(24-21)16-5-4-10-26(12-16)18(27)13-29-3/h6-9,11,16H,4-5,10,12-13H2,1-3H3,(H2,22,28). The summed E-state index contributed by atoms with van der Waals surface area (Å²) in [6.45, 7) is 1.41. The van der Waals surface area contributed by atoms with E-state index in [2.05, 4.69) is 4.98 Å². The van der Waals surface area contributed by atoms with Crippen LogP contribution in [-0.2, 0) is 9.53 Å². The lowest BCUT2D eigenvalue weighted by Gasteiger charge is -2.33. The van der Waals surface area contributed by atoms with Crippen molar-refractivity contribution in [2.24, 2.45) is 5.73 Å². The van der Waals surface area contributed by atoms with Gasteiger partial charge in [-0.25, -0.2) is 9.97 Å². The fourth-order valence-electron chi connectivity index (χ4n) is 3.59. The number of primary amides is 1. The highest BCUT2D eigenvalue weighted by molar-refractivity contribution is 5.93. The van der Waals surface area contributed by atoms with Crippen molar-refractivity contribution in [1.82, 2.24) is 14.9 Å². The van der Waals surface area contributed by atoms with Gasteiger partial charge in [0.15, 0.2) is 0 Å². The Hall–Kier alpha value is -3.00. The molecule has 0 aliphatic carbocycles. The Bertz CT molecular complexity index is 882. The van der Waals surface area contributed by atoms with Gasteiger partial charge in [-0.05, 0) is 30.5 Å². The van der Waals surface area contributed by atoms with Crippen LogP contribution in [0.15, 0.2) is 30.5 Å². The van der Waals surface area contributed by atoms with E-state index in [4.69, 9.17) is 15.5 Å². The van der Waals surface area contributed by atoms with Gasteiger partial charge in [0.2, 0.25) is 17.8 Å². The molecule has 154 valence electrons. The van der Waals surface area contributed by atoms with Crippen LogP contribution in [0.2, 0.25) is 0 Å². The molecule has 1 atom stereocenters. The molecule has 1 aromatic heterocycles. The summed E-state index contributed by atoms with van der Waals surface area (Å²) in [5.74, 6) is 0.247. The number of amides is 2. The van der Waals surface area contributed by atoms with E-state index in [9.17, 15) is 9.59 Å². The summed E-state index contributed by atoms with van der Waals surface area (Å²) in [5.41, 5.74) is 8.53. The zero-order chi connectivity index (χ0) is 21.0. The molecular weight excluding hydrogens is 370 g/mol. The number of likely N-dealkylation sites (tertiary alicyclic amines) is 1. The van der Waals surface area contributed by atoms with E-state index in [1.54, 1.807) is 12.1 Å². The predicted molar refractivity (Wildman–Crippen MR) is 111 cm³/mol. The molecule has 8 heteroatoms. The van der Waals surface area contributed by atoms with Crippen LogP contribution in [0.3, 0.4) is 0 Å². The summed E-state index contributed by atoms with van der Waals surface area (Å²) < 4.78 is 5.01. The van der Waals surface area contributed by atoms with Crippen molar-refractivity contribution < 1.29 is 14.3 Å². The second-order valence-electron chi connectivity index (χ2n) is 7.42. The van der Waals surface area contributed by atoms with Crippen molar-refractivity contribution in [3.8, 4) is 11.1 Å². The summed E-state index contributed by atoms with van der Waals surface area (Å²) in [4.78, 5) is 36.7. The van der Waals surface area contributed by atoms with E-state index in [-0.39, 0.29) is 18.4 Å². The van der Waals surface area contributed by atoms with Gasteiger partial charge in [0.1, 0.15) is 6.61 Å². The average molecular weight is 397 g/mol. The first-order valence-corrected chi connectivity index (χ1v) is 9.62. The number of aromatic nitrogens is 2. The quantitative estimate of drug-likeness (QED) is 0.795. The highest BCUT2D eigenvalue weighted by Gasteiger charge is 2.28. The van der Waals surface area contributed by atoms with Crippen molar-refractivity contribution in [2.75, 3.05) is 45.8 Å². The van der Waals surface area contributed by atoms with E-state index in [1.807, 2.05) is 42.2 Å². The van der Waals surface area contributed by atoms with Crippen LogP contribution in [0.5, 0.6) is 0 Å². The fraction of sp³-hybridized carbons (Fsp3) is 0.429. The Morgan fingerprint density at radius 1 is 1.28 bits per heavy atom. The lowest BCUT2D eigenvalue weighted by Crippen LogP contribution is -2.41. The molecule has 0 radical (unpaired) electrons. The third kappa shape index (κ3) is 4.71. The smallest absolute Gasteiger partial charge is 0.248 e. The van der Waals surface area contributed by atoms with Gasteiger partial charge in [-0.3, -0.25) is 9.59 Å². The number of ether oxygens (including phenoxy) is 1. The Morgan fingerprint density at radius 2 is 2.00 bits per heavy atom. The average Bonchev–Trinajstić information content (AvgIpc) is 2.73. The highest BCUT2D eigenvalue weighted by atomic mass is 16.5. The molecule has 29 heavy (non-hydrogen) atoms. The first-order valence-electron chi connectivity index (χ1n) is 9.62. The van der Waals surface area contributed by atoms with Crippen molar-refractivity contribution in [1.29, 1.82) is 0 Å². The molecule has 8 nitrogen and oxygen atoms in total. The summed E-state index contributed by atoms with van der Waals surface area (Å²) >= 11 is 0. The van der Waals surface area contributed by atoms with Gasteiger partial charge < -0.3 is 20.3 Å². The number of anilines is 1. The minimum absolute atomic E-state index is 0.00792. The molecule has 3 rings (SSSR count). The number of piperidine rings is 1. The topological polar surface area (TPSA) is 102 Å². The van der Waals surface area contributed by atoms with Crippen LogP contribution in [0.1, 0.15) is 34.8 Å². The van der Waals surface area contributed by atoms with Crippen LogP contribution < -0.4 is 10.6 Å². The minimum atomic E-state index is -0.462. The number of hydrogen-bond acceptors (Lipinski definition) is 6. The van der Waals surface area contributed by atoms with Gasteiger partial charge >= 0.3 is 0 Å². The molecule has 2 aromatic rings. The predicted octanol–water partition coefficient (Wildman–Crippen LogP) is 1.66. The Balaban J connectivity index is 1.98. The summed E-state index contributed by atoms with van der Waals surface area (Å²) in [6, 6.07) is 7.12. The first kappa shape index (κ1) is 20.7. The molecule has 2 amide bonds. The number of methoxy groups -OCH3 is 1. The van der Waals surface area contributed by atoms with Crippen LogP contribution >= 0.6 is 0 Å². The molecular formula is C21H27N5O3. The molecule has 1 aromatic carbocycles. The molecule has 1 fully saturated rings. The third-order valence-electron chi connectivity index (χ3n) is 5.11. The fourth-order valence-corrected chi connectivity index (χ4v) is 3.59. The van der Waals surface area contributed by atoms with Crippen LogP contribution in [0, 0.1) is 0 Å². The number of nitrogens with two attached hydrogens (primary N) is 1. The number of rotatable bonds is 6. The van der Waals surface area contributed by atoms with Crippen LogP contribution in [0.25, 0.3) is 11.1 Å². The monoisotopic (exact) mass is 397 g/mol. The molecule has 2 N–H and O–H groups in total. The number of benzene rings is 1. The van der Waals surface area contributed by atoms with Gasteiger partial charge in [-0.1, -0.05) is 12.1 Å². The van der Waals surface area contributed by atoms with Crippen LogP contribution in [-0.4, -0.2) is 67.6 Å². The summed E-state index contributed by atoms with van der Waals surface area (Å²) in [7, 11) is 5.33. The van der Waals surface area contributed by atoms with Crippen molar-refractivity contribution in [3.63, 3.8) is 0 Å². The second kappa shape index (κ2) is 9.00. The third-order valence-corrected chi connectivity index (χ3v) is 5.11. The maximum atomic E-state index is 12.3. The largest absolute Gasteiger partial charge is 0.375 e. The molecule has 1 aliphatic heterocycles. The minimum Gasteiger partial charge on any atom is -0.375 e. The number of nitrogens with zero attached hydrogens (tertiary/aromatic N) is 4. The zero-order valence-electron chi connectivity index (χ0n) is 17.1. The van der Waals surface area contributed by atoms with Crippen molar-refractivity contribution in [2.45, 2.75) is 18.8 Å². The van der Waals surface area contributed by atoms with E-state index in [0.717, 1.165) is 36.2 Å². The van der Waals surface area contributed by atoms with Gasteiger partial charge in [-0.15, -0.1) is 0 Å². The van der Waals surface area contributed by atoms with Crippen molar-refractivity contribution >= 4 is 17.8 Å². The normalized spacial score (nSPS) is 16.5. The first-order chi connectivity index (χ1) is 13.9. The lowest BCUT2D eigenvalue weighted by molar-refractivity contribution is -0.136. The molecule has 0 saturated carbocycles. The lowest BCUT2D eigenvalue weighted by atomic mass is 9.89. The Kier molecular flexibility index (Phi) is 6.43. The molecule has 1 saturated heterocycles. The highest BCUT2D eigenvalue weighted by Crippen LogP contribution is 2.34.